The summed E-state index contributed by atoms with van der Waals surface area (Å²) in [5.74, 6) is -2.08. The summed E-state index contributed by atoms with van der Waals surface area (Å²) in [5.41, 5.74) is 3.43. The van der Waals surface area contributed by atoms with Gasteiger partial charge >= 0.3 is 12.2 Å². The van der Waals surface area contributed by atoms with Crippen molar-refractivity contribution >= 4 is 29.9 Å². The number of hydrogen-bond acceptors (Lipinski definition) is 8. The van der Waals surface area contributed by atoms with E-state index in [1.807, 2.05) is 54.6 Å². The van der Waals surface area contributed by atoms with E-state index in [1.165, 1.54) is 15.9 Å². The third-order valence-corrected chi connectivity index (χ3v) is 11.0. The molecule has 4 aliphatic rings. The molecule has 14 heteroatoms. The minimum Gasteiger partial charge on any atom is -0.444 e. The Bertz CT molecular complexity index is 2050. The predicted octanol–water partition coefficient (Wildman–Crippen LogP) is 6.31. The van der Waals surface area contributed by atoms with E-state index < -0.39 is 65.1 Å². The molecule has 7 rings (SSSR count). The molecule has 58 heavy (non-hydrogen) atoms. The van der Waals surface area contributed by atoms with Crippen molar-refractivity contribution in [1.29, 1.82) is 0 Å². The van der Waals surface area contributed by atoms with Crippen LogP contribution in [0.25, 0.3) is 11.1 Å². The average Bonchev–Trinajstić information content (AvgIpc) is 3.47. The van der Waals surface area contributed by atoms with E-state index in [4.69, 9.17) is 14.3 Å². The fraction of sp³-hybridized carbons (Fsp3) is 0.432. The van der Waals surface area contributed by atoms with Gasteiger partial charge < -0.3 is 29.8 Å². The van der Waals surface area contributed by atoms with Gasteiger partial charge in [-0.3, -0.25) is 19.3 Å². The van der Waals surface area contributed by atoms with Gasteiger partial charge in [0, 0.05) is 24.4 Å². The van der Waals surface area contributed by atoms with Crippen molar-refractivity contribution in [2.24, 2.45) is 5.92 Å². The van der Waals surface area contributed by atoms with Gasteiger partial charge in [-0.25, -0.2) is 14.0 Å². The molecule has 1 saturated heterocycles. The maximum Gasteiger partial charge on any atom is 0.410 e. The summed E-state index contributed by atoms with van der Waals surface area (Å²) in [6.45, 7) is 5.18. The second-order valence-electron chi connectivity index (χ2n) is 16.4. The van der Waals surface area contributed by atoms with Gasteiger partial charge in [-0.05, 0) is 81.3 Å². The number of halogens is 1. The molecule has 0 aromatic heterocycles. The highest BCUT2D eigenvalue weighted by atomic mass is 19.1. The Morgan fingerprint density at radius 1 is 0.914 bits per heavy atom. The van der Waals surface area contributed by atoms with Crippen LogP contribution >= 0.6 is 0 Å². The Labute approximate surface area is 337 Å². The van der Waals surface area contributed by atoms with Gasteiger partial charge in [0.1, 0.15) is 35.1 Å². The highest BCUT2D eigenvalue weighted by molar-refractivity contribution is 5.98. The number of nitrogens with one attached hydrogen (secondary N) is 3. The first-order chi connectivity index (χ1) is 27.8. The normalized spacial score (nSPS) is 25.1. The van der Waals surface area contributed by atoms with E-state index in [0.29, 0.717) is 29.7 Å². The zero-order valence-corrected chi connectivity index (χ0v) is 33.0. The largest absolute Gasteiger partial charge is 0.444 e. The molecule has 306 valence electrons. The minimum atomic E-state index is -1.37. The number of hydrogen-bond donors (Lipinski definition) is 3. The van der Waals surface area contributed by atoms with Gasteiger partial charge in [-0.2, -0.15) is 5.48 Å². The molecule has 5 amide bonds. The first-order valence-corrected chi connectivity index (χ1v) is 19.9. The fourth-order valence-electron chi connectivity index (χ4n) is 7.88. The smallest absolute Gasteiger partial charge is 0.410 e. The summed E-state index contributed by atoms with van der Waals surface area (Å²) >= 11 is 0. The number of hydroxylamine groups is 1. The highest BCUT2D eigenvalue weighted by Crippen LogP contribution is 2.45. The molecule has 3 heterocycles. The van der Waals surface area contributed by atoms with Gasteiger partial charge in [0.25, 0.3) is 5.91 Å². The molecule has 1 saturated carbocycles. The third-order valence-electron chi connectivity index (χ3n) is 11.0. The van der Waals surface area contributed by atoms with Gasteiger partial charge in [0.15, 0.2) is 5.75 Å². The number of ether oxygens (including phenoxy) is 2. The monoisotopic (exact) mass is 795 g/mol. The van der Waals surface area contributed by atoms with Crippen molar-refractivity contribution in [2.45, 2.75) is 108 Å². The summed E-state index contributed by atoms with van der Waals surface area (Å²) in [6.07, 6.45) is 4.93. The first kappa shape index (κ1) is 40.3. The van der Waals surface area contributed by atoms with E-state index in [9.17, 15) is 28.4 Å². The molecule has 3 aromatic carbocycles. The molecule has 0 spiro atoms. The van der Waals surface area contributed by atoms with Crippen LogP contribution in [-0.2, 0) is 36.9 Å². The standard InChI is InChI=1S/C44H50FN5O8/c1-43(2,3)57-41(54)46-36-18-11-6-4-5-10-16-31-24-44(31,40(53)48-58-32-21-19-29(20-22-32)28-13-8-7-9-14-28)47-38(51)37-23-33(26-50(37)39(36)52)56-42(55)49-25-30-15-12-17-35(45)34(30)27-49/h7-10,12-17,19-22,31,33,36-37H,4-6,11,18,23-27H2,1-3H3,(H,46,54)(H,47,51)(H,48,53)/b16-10-/t31-,33-,36+,37+,44-/m1/s1. The van der Waals surface area contributed by atoms with Crippen LogP contribution in [0.1, 0.15) is 76.8 Å². The number of amides is 5. The lowest BCUT2D eigenvalue weighted by atomic mass is 10.0. The molecule has 3 N–H and O–H groups in total. The Kier molecular flexibility index (Phi) is 11.7. The van der Waals surface area contributed by atoms with E-state index in [-0.39, 0.29) is 38.4 Å². The summed E-state index contributed by atoms with van der Waals surface area (Å²) in [5, 5.41) is 5.67. The Hall–Kier alpha value is -5.92. The Morgan fingerprint density at radius 3 is 2.41 bits per heavy atom. The lowest BCUT2D eigenvalue weighted by Crippen LogP contribution is -2.58. The number of fused-ring (bicyclic) bond motifs is 3. The molecular weight excluding hydrogens is 746 g/mol. The van der Waals surface area contributed by atoms with Crippen molar-refractivity contribution in [3.63, 3.8) is 0 Å². The third kappa shape index (κ3) is 9.27. The molecule has 0 radical (unpaired) electrons. The second-order valence-corrected chi connectivity index (χ2v) is 16.4. The van der Waals surface area contributed by atoms with E-state index in [1.54, 1.807) is 45.0 Å². The molecule has 0 unspecified atom stereocenters. The molecule has 0 bridgehead atoms. The maximum absolute atomic E-state index is 14.5. The average molecular weight is 796 g/mol. The SMILES string of the molecule is CC(C)(C)OC(=O)N[C@H]1CCCCC/C=C\[C@@H]2C[C@@]2(C(=O)NOc2ccc(-c3ccccc3)cc2)NC(=O)[C@@H]2C[C@@H](OC(=O)N3Cc4cccc(F)c4C3)CN2C1=O. The van der Waals surface area contributed by atoms with E-state index in [2.05, 4.69) is 16.1 Å². The lowest BCUT2D eigenvalue weighted by molar-refractivity contribution is -0.142. The van der Waals surface area contributed by atoms with Crippen LogP contribution in [0.2, 0.25) is 0 Å². The van der Waals surface area contributed by atoms with E-state index >= 15 is 0 Å². The number of allylic oxidation sites excluding steroid dienone is 1. The van der Waals surface area contributed by atoms with Crippen molar-refractivity contribution < 1.29 is 42.7 Å². The number of benzene rings is 3. The second kappa shape index (κ2) is 16.9. The molecule has 2 fully saturated rings. The van der Waals surface area contributed by atoms with Crippen LogP contribution in [0.4, 0.5) is 14.0 Å². The molecule has 13 nitrogen and oxygen atoms in total. The zero-order valence-electron chi connectivity index (χ0n) is 33.0. The number of carbonyl (C=O) groups excluding carboxylic acids is 5. The molecule has 3 aromatic rings. The fourth-order valence-corrected chi connectivity index (χ4v) is 7.88. The summed E-state index contributed by atoms with van der Waals surface area (Å²) in [7, 11) is 0. The minimum absolute atomic E-state index is 0.0216. The highest BCUT2D eigenvalue weighted by Gasteiger charge is 2.61. The number of carbonyl (C=O) groups is 5. The molecular formula is C44H50FN5O8. The molecule has 5 atom stereocenters. The molecule has 3 aliphatic heterocycles. The van der Waals surface area contributed by atoms with Crippen LogP contribution < -0.4 is 21.0 Å². The van der Waals surface area contributed by atoms with E-state index in [0.717, 1.165) is 30.4 Å². The summed E-state index contributed by atoms with van der Waals surface area (Å²) in [4.78, 5) is 77.6. The summed E-state index contributed by atoms with van der Waals surface area (Å²) in [6, 6.07) is 19.5. The van der Waals surface area contributed by atoms with Crippen molar-refractivity contribution in [2.75, 3.05) is 6.54 Å². The predicted molar refractivity (Wildman–Crippen MR) is 211 cm³/mol. The van der Waals surface area contributed by atoms with Gasteiger partial charge in [0.05, 0.1) is 13.1 Å². The molecule has 1 aliphatic carbocycles. The van der Waals surface area contributed by atoms with Crippen molar-refractivity contribution in [1.82, 2.24) is 25.9 Å². The Morgan fingerprint density at radius 2 is 1.67 bits per heavy atom. The van der Waals surface area contributed by atoms with Gasteiger partial charge in [0.2, 0.25) is 11.8 Å². The number of rotatable bonds is 6. The topological polar surface area (TPSA) is 156 Å². The van der Waals surface area contributed by atoms with Crippen molar-refractivity contribution in [3.05, 3.63) is 102 Å². The zero-order chi connectivity index (χ0) is 41.0. The first-order valence-electron chi connectivity index (χ1n) is 19.9. The van der Waals surface area contributed by atoms with Crippen LogP contribution in [0.3, 0.4) is 0 Å². The quantitative estimate of drug-likeness (QED) is 0.194. The van der Waals surface area contributed by atoms with Crippen LogP contribution in [0, 0.1) is 11.7 Å². The Balaban J connectivity index is 1.10. The maximum atomic E-state index is 14.5. The number of alkyl carbamates (subject to hydrolysis) is 1. The van der Waals surface area contributed by atoms with Crippen LogP contribution in [0.5, 0.6) is 5.75 Å². The van der Waals surface area contributed by atoms with Gasteiger partial charge in [-0.15, -0.1) is 0 Å². The lowest BCUT2D eigenvalue weighted by Gasteiger charge is -2.30. The van der Waals surface area contributed by atoms with Crippen molar-refractivity contribution in [3.8, 4) is 16.9 Å². The van der Waals surface area contributed by atoms with Crippen LogP contribution in [0.15, 0.2) is 84.9 Å². The number of nitrogens with zero attached hydrogens (tertiary/aromatic N) is 2. The summed E-state index contributed by atoms with van der Waals surface area (Å²) < 4.78 is 25.9. The van der Waals surface area contributed by atoms with Crippen LogP contribution in [-0.4, -0.2) is 75.6 Å². The van der Waals surface area contributed by atoms with Gasteiger partial charge in [-0.1, -0.05) is 79.6 Å².